The van der Waals surface area contributed by atoms with Gasteiger partial charge in [0.15, 0.2) is 5.82 Å². The fourth-order valence-corrected chi connectivity index (χ4v) is 3.45. The Kier molecular flexibility index (Phi) is 4.32. The van der Waals surface area contributed by atoms with Crippen LogP contribution in [0, 0.1) is 0 Å². The van der Waals surface area contributed by atoms with Crippen molar-refractivity contribution in [2.45, 2.75) is 0 Å². The molecule has 0 spiro atoms. The fraction of sp³-hybridized carbons (Fsp3) is 0.200. The molecule has 1 aromatic carbocycles. The van der Waals surface area contributed by atoms with E-state index in [9.17, 15) is 4.79 Å². The number of aromatic nitrogens is 6. The van der Waals surface area contributed by atoms with Gasteiger partial charge in [0.05, 0.1) is 0 Å². The van der Waals surface area contributed by atoms with Gasteiger partial charge >= 0.3 is 0 Å². The molecule has 0 radical (unpaired) electrons. The minimum absolute atomic E-state index is 0.0259. The summed E-state index contributed by atoms with van der Waals surface area (Å²) in [6.45, 7) is 2.71. The lowest BCUT2D eigenvalue weighted by molar-refractivity contribution is 0.0746. The van der Waals surface area contributed by atoms with E-state index in [1.54, 1.807) is 24.7 Å². The number of rotatable bonds is 3. The van der Waals surface area contributed by atoms with Crippen LogP contribution in [0.5, 0.6) is 0 Å². The van der Waals surface area contributed by atoms with Crippen LogP contribution in [-0.4, -0.2) is 66.5 Å². The molecule has 144 valence electrons. The molecule has 1 aliphatic heterocycles. The van der Waals surface area contributed by atoms with Crippen molar-refractivity contribution in [3.63, 3.8) is 0 Å². The minimum atomic E-state index is 0.0259. The minimum Gasteiger partial charge on any atom is -0.337 e. The first-order valence-corrected chi connectivity index (χ1v) is 9.37. The summed E-state index contributed by atoms with van der Waals surface area (Å²) in [7, 11) is 0. The number of hydrogen-bond donors (Lipinski definition) is 0. The predicted molar refractivity (Wildman–Crippen MR) is 106 cm³/mol. The molecule has 9 heteroatoms. The average molecular weight is 386 g/mol. The number of carbonyl (C=O) groups excluding carboxylic acids is 1. The number of nitrogens with zero attached hydrogens (tertiary/aromatic N) is 8. The Morgan fingerprint density at radius 2 is 1.55 bits per heavy atom. The van der Waals surface area contributed by atoms with Crippen LogP contribution in [0.4, 0.5) is 5.95 Å². The summed E-state index contributed by atoms with van der Waals surface area (Å²) in [5.41, 5.74) is 1.54. The first kappa shape index (κ1) is 17.2. The molecule has 1 amide bonds. The van der Waals surface area contributed by atoms with E-state index in [1.807, 2.05) is 45.8 Å². The van der Waals surface area contributed by atoms with E-state index in [-0.39, 0.29) is 5.91 Å². The number of benzene rings is 1. The zero-order valence-corrected chi connectivity index (χ0v) is 15.6. The lowest BCUT2D eigenvalue weighted by atomic mass is 10.1. The normalized spacial score (nSPS) is 14.3. The molecule has 29 heavy (non-hydrogen) atoms. The highest BCUT2D eigenvalue weighted by Crippen LogP contribution is 2.19. The SMILES string of the molecule is O=C(c1ccc(-c2nnc3ncccn23)cc1)N1CCN(c2ncccn2)CC1. The Hall–Kier alpha value is -3.88. The van der Waals surface area contributed by atoms with Gasteiger partial charge in [-0.1, -0.05) is 12.1 Å². The third-order valence-corrected chi connectivity index (χ3v) is 4.98. The number of anilines is 1. The Labute approximate surface area is 166 Å². The Bertz CT molecular complexity index is 1130. The maximum absolute atomic E-state index is 12.9. The van der Waals surface area contributed by atoms with Crippen molar-refractivity contribution in [1.29, 1.82) is 0 Å². The second kappa shape index (κ2) is 7.27. The number of fused-ring (bicyclic) bond motifs is 1. The molecular formula is C20H18N8O. The molecular weight excluding hydrogens is 368 g/mol. The largest absolute Gasteiger partial charge is 0.337 e. The monoisotopic (exact) mass is 386 g/mol. The molecule has 0 unspecified atom stereocenters. The number of hydrogen-bond acceptors (Lipinski definition) is 7. The van der Waals surface area contributed by atoms with Gasteiger partial charge in [0.2, 0.25) is 5.95 Å². The van der Waals surface area contributed by atoms with Crippen molar-refractivity contribution in [3.8, 4) is 11.4 Å². The van der Waals surface area contributed by atoms with Crippen LogP contribution in [0.1, 0.15) is 10.4 Å². The van der Waals surface area contributed by atoms with Gasteiger partial charge in [0.25, 0.3) is 11.7 Å². The van der Waals surface area contributed by atoms with Crippen LogP contribution in [-0.2, 0) is 0 Å². The van der Waals surface area contributed by atoms with Crippen LogP contribution in [0.3, 0.4) is 0 Å². The van der Waals surface area contributed by atoms with Crippen LogP contribution >= 0.6 is 0 Å². The summed E-state index contributed by atoms with van der Waals surface area (Å²) >= 11 is 0. The zero-order chi connectivity index (χ0) is 19.6. The van der Waals surface area contributed by atoms with E-state index in [0.717, 1.165) is 5.56 Å². The zero-order valence-electron chi connectivity index (χ0n) is 15.6. The number of carbonyl (C=O) groups is 1. The van der Waals surface area contributed by atoms with Crippen LogP contribution in [0.25, 0.3) is 17.2 Å². The van der Waals surface area contributed by atoms with Crippen molar-refractivity contribution < 1.29 is 4.79 Å². The van der Waals surface area contributed by atoms with Gasteiger partial charge in [-0.3, -0.25) is 9.20 Å². The average Bonchev–Trinajstić information content (AvgIpc) is 3.24. The van der Waals surface area contributed by atoms with Crippen molar-refractivity contribution in [2.75, 3.05) is 31.1 Å². The Morgan fingerprint density at radius 3 is 2.31 bits per heavy atom. The second-order valence-electron chi connectivity index (χ2n) is 6.72. The lowest BCUT2D eigenvalue weighted by Gasteiger charge is -2.34. The number of piperazine rings is 1. The van der Waals surface area contributed by atoms with E-state index in [0.29, 0.717) is 49.3 Å². The van der Waals surface area contributed by atoms with Crippen molar-refractivity contribution in [1.82, 2.24) is 34.4 Å². The summed E-state index contributed by atoms with van der Waals surface area (Å²) in [5, 5.41) is 8.27. The topological polar surface area (TPSA) is 92.4 Å². The predicted octanol–water partition coefficient (Wildman–Crippen LogP) is 1.54. The number of amides is 1. The summed E-state index contributed by atoms with van der Waals surface area (Å²) in [6.07, 6.45) is 7.01. The van der Waals surface area contributed by atoms with Crippen LogP contribution in [0.2, 0.25) is 0 Å². The van der Waals surface area contributed by atoms with Crippen molar-refractivity contribution >= 4 is 17.6 Å². The van der Waals surface area contributed by atoms with E-state index in [2.05, 4.69) is 30.0 Å². The van der Waals surface area contributed by atoms with E-state index < -0.39 is 0 Å². The first-order valence-electron chi connectivity index (χ1n) is 9.37. The highest BCUT2D eigenvalue weighted by atomic mass is 16.2. The third kappa shape index (κ3) is 3.27. The summed E-state index contributed by atoms with van der Waals surface area (Å²) in [6, 6.07) is 11.1. The third-order valence-electron chi connectivity index (χ3n) is 4.98. The van der Waals surface area contributed by atoms with Gasteiger partial charge in [-0.05, 0) is 24.3 Å². The highest BCUT2D eigenvalue weighted by Gasteiger charge is 2.23. The van der Waals surface area contributed by atoms with Crippen molar-refractivity contribution in [2.24, 2.45) is 0 Å². The summed E-state index contributed by atoms with van der Waals surface area (Å²) < 4.78 is 1.82. The fourth-order valence-electron chi connectivity index (χ4n) is 3.45. The lowest BCUT2D eigenvalue weighted by Crippen LogP contribution is -2.49. The van der Waals surface area contributed by atoms with Gasteiger partial charge < -0.3 is 9.80 Å². The molecule has 4 heterocycles. The molecule has 1 aliphatic rings. The molecule has 0 aliphatic carbocycles. The maximum Gasteiger partial charge on any atom is 0.255 e. The standard InChI is InChI=1S/C20H18N8O/c29-18(26-11-13-27(14-12-26)19-21-7-1-8-22-19)16-5-3-15(4-6-16)17-24-25-20-23-9-2-10-28(17)20/h1-10H,11-14H2. The Morgan fingerprint density at radius 1 is 0.828 bits per heavy atom. The molecule has 0 N–H and O–H groups in total. The smallest absolute Gasteiger partial charge is 0.255 e. The second-order valence-corrected chi connectivity index (χ2v) is 6.72. The molecule has 1 saturated heterocycles. The van der Waals surface area contributed by atoms with Crippen LogP contribution < -0.4 is 4.90 Å². The van der Waals surface area contributed by atoms with Crippen LogP contribution in [0.15, 0.2) is 61.2 Å². The van der Waals surface area contributed by atoms with E-state index in [1.165, 1.54) is 0 Å². The summed E-state index contributed by atoms with van der Waals surface area (Å²) in [4.78, 5) is 29.6. The van der Waals surface area contributed by atoms with Gasteiger partial charge in [-0.25, -0.2) is 15.0 Å². The van der Waals surface area contributed by atoms with Gasteiger partial charge in [-0.15, -0.1) is 10.2 Å². The Balaban J connectivity index is 1.29. The molecule has 0 saturated carbocycles. The maximum atomic E-state index is 12.9. The van der Waals surface area contributed by atoms with Crippen molar-refractivity contribution in [3.05, 3.63) is 66.7 Å². The summed E-state index contributed by atoms with van der Waals surface area (Å²) in [5.74, 6) is 1.98. The van der Waals surface area contributed by atoms with E-state index in [4.69, 9.17) is 0 Å². The molecule has 9 nitrogen and oxygen atoms in total. The molecule has 3 aromatic heterocycles. The quantitative estimate of drug-likeness (QED) is 0.527. The molecule has 5 rings (SSSR count). The van der Waals surface area contributed by atoms with Gasteiger partial charge in [0.1, 0.15) is 0 Å². The first-order chi connectivity index (χ1) is 14.3. The molecule has 4 aromatic rings. The van der Waals surface area contributed by atoms with E-state index >= 15 is 0 Å². The molecule has 1 fully saturated rings. The molecule has 0 bridgehead atoms. The van der Waals surface area contributed by atoms with Gasteiger partial charge in [-0.2, -0.15) is 0 Å². The van der Waals surface area contributed by atoms with Gasteiger partial charge in [0, 0.05) is 62.1 Å². The molecule has 0 atom stereocenters. The highest BCUT2D eigenvalue weighted by molar-refractivity contribution is 5.94.